The fourth-order valence-electron chi connectivity index (χ4n) is 1.72. The van der Waals surface area contributed by atoms with Crippen molar-refractivity contribution in [1.82, 2.24) is 5.32 Å². The predicted octanol–water partition coefficient (Wildman–Crippen LogP) is 3.30. The minimum absolute atomic E-state index is 0.0772. The third kappa shape index (κ3) is 2.46. The summed E-state index contributed by atoms with van der Waals surface area (Å²) in [6.45, 7) is 0.0772. The van der Waals surface area contributed by atoms with Crippen LogP contribution in [0.1, 0.15) is 18.4 Å². The topological polar surface area (TPSA) is 29.1 Å². The SMILES string of the molecule is O=C(NCc1ccc(Cl)cc1)C1(C(F)(F)F)CC1. The highest BCUT2D eigenvalue weighted by molar-refractivity contribution is 6.30. The maximum atomic E-state index is 12.6. The van der Waals surface area contributed by atoms with Crippen LogP contribution in [0.25, 0.3) is 0 Å². The van der Waals surface area contributed by atoms with Gasteiger partial charge in [-0.05, 0) is 30.5 Å². The zero-order valence-electron chi connectivity index (χ0n) is 9.35. The van der Waals surface area contributed by atoms with Gasteiger partial charge in [0.25, 0.3) is 0 Å². The van der Waals surface area contributed by atoms with Gasteiger partial charge in [0.05, 0.1) is 0 Å². The van der Waals surface area contributed by atoms with Gasteiger partial charge in [-0.2, -0.15) is 13.2 Å². The van der Waals surface area contributed by atoms with E-state index in [1.807, 2.05) is 0 Å². The smallest absolute Gasteiger partial charge is 0.351 e. The number of carbonyl (C=O) groups excluding carboxylic acids is 1. The maximum Gasteiger partial charge on any atom is 0.403 e. The highest BCUT2D eigenvalue weighted by Crippen LogP contribution is 2.57. The van der Waals surface area contributed by atoms with Gasteiger partial charge in [-0.3, -0.25) is 4.79 Å². The molecule has 2 nitrogen and oxygen atoms in total. The van der Waals surface area contributed by atoms with Crippen LogP contribution < -0.4 is 5.32 Å². The van der Waals surface area contributed by atoms with Crippen molar-refractivity contribution in [3.8, 4) is 0 Å². The molecule has 0 atom stereocenters. The average molecular weight is 278 g/mol. The molecule has 0 heterocycles. The normalized spacial score (nSPS) is 17.3. The van der Waals surface area contributed by atoms with Gasteiger partial charge in [0, 0.05) is 11.6 Å². The number of amides is 1. The lowest BCUT2D eigenvalue weighted by molar-refractivity contribution is -0.192. The molecule has 18 heavy (non-hydrogen) atoms. The summed E-state index contributed by atoms with van der Waals surface area (Å²) in [6, 6.07) is 6.57. The number of nitrogens with one attached hydrogen (secondary N) is 1. The van der Waals surface area contributed by atoms with Crippen LogP contribution in [-0.4, -0.2) is 12.1 Å². The molecule has 0 bridgehead atoms. The molecule has 1 aromatic carbocycles. The van der Waals surface area contributed by atoms with Crippen molar-refractivity contribution in [1.29, 1.82) is 0 Å². The van der Waals surface area contributed by atoms with E-state index in [9.17, 15) is 18.0 Å². The molecule has 1 amide bonds. The monoisotopic (exact) mass is 277 g/mol. The van der Waals surface area contributed by atoms with E-state index in [1.165, 1.54) is 0 Å². The molecule has 6 heteroatoms. The Morgan fingerprint density at radius 3 is 2.28 bits per heavy atom. The molecule has 1 N–H and O–H groups in total. The Balaban J connectivity index is 1.95. The molecule has 0 radical (unpaired) electrons. The number of carbonyl (C=O) groups is 1. The van der Waals surface area contributed by atoms with E-state index in [0.29, 0.717) is 10.6 Å². The summed E-state index contributed by atoms with van der Waals surface area (Å²) >= 11 is 5.68. The lowest BCUT2D eigenvalue weighted by atomic mass is 10.1. The van der Waals surface area contributed by atoms with Crippen molar-refractivity contribution in [3.05, 3.63) is 34.9 Å². The fourth-order valence-corrected chi connectivity index (χ4v) is 1.84. The summed E-state index contributed by atoms with van der Waals surface area (Å²) in [7, 11) is 0. The summed E-state index contributed by atoms with van der Waals surface area (Å²) in [5.41, 5.74) is -1.44. The average Bonchev–Trinajstić information content (AvgIpc) is 3.08. The van der Waals surface area contributed by atoms with Gasteiger partial charge in [0.2, 0.25) is 5.91 Å². The van der Waals surface area contributed by atoms with Crippen LogP contribution in [0.4, 0.5) is 13.2 Å². The first-order valence-electron chi connectivity index (χ1n) is 5.45. The van der Waals surface area contributed by atoms with Gasteiger partial charge in [-0.1, -0.05) is 23.7 Å². The van der Waals surface area contributed by atoms with E-state index >= 15 is 0 Å². The van der Waals surface area contributed by atoms with Crippen molar-refractivity contribution < 1.29 is 18.0 Å². The number of benzene rings is 1. The van der Waals surface area contributed by atoms with Crippen molar-refractivity contribution in [2.75, 3.05) is 0 Å². The summed E-state index contributed by atoms with van der Waals surface area (Å²) in [4.78, 5) is 11.6. The van der Waals surface area contributed by atoms with Gasteiger partial charge in [-0.15, -0.1) is 0 Å². The number of hydrogen-bond donors (Lipinski definition) is 1. The zero-order chi connectivity index (χ0) is 13.4. The Labute approximate surface area is 107 Å². The highest BCUT2D eigenvalue weighted by Gasteiger charge is 2.68. The van der Waals surface area contributed by atoms with Crippen LogP contribution in [0.15, 0.2) is 24.3 Å². The molecule has 0 aromatic heterocycles. The molecule has 2 rings (SSSR count). The van der Waals surface area contributed by atoms with Gasteiger partial charge in [-0.25, -0.2) is 0 Å². The molecule has 0 spiro atoms. The Morgan fingerprint density at radius 1 is 1.28 bits per heavy atom. The standard InChI is InChI=1S/C12H11ClF3NO/c13-9-3-1-8(2-4-9)7-17-10(18)11(5-6-11)12(14,15)16/h1-4H,5-7H2,(H,17,18). The Morgan fingerprint density at radius 2 is 1.83 bits per heavy atom. The Bertz CT molecular complexity index is 451. The van der Waals surface area contributed by atoms with E-state index in [0.717, 1.165) is 0 Å². The van der Waals surface area contributed by atoms with Crippen LogP contribution in [0.3, 0.4) is 0 Å². The summed E-state index contributed by atoms with van der Waals surface area (Å²) in [5, 5.41) is 2.87. The molecule has 1 aromatic rings. The zero-order valence-corrected chi connectivity index (χ0v) is 10.1. The van der Waals surface area contributed by atoms with Gasteiger partial charge >= 0.3 is 6.18 Å². The minimum atomic E-state index is -4.46. The lowest BCUT2D eigenvalue weighted by Crippen LogP contribution is -2.40. The van der Waals surface area contributed by atoms with Crippen LogP contribution in [0.5, 0.6) is 0 Å². The second-order valence-electron chi connectivity index (χ2n) is 4.39. The molecule has 98 valence electrons. The Kier molecular flexibility index (Phi) is 3.27. The number of rotatable bonds is 3. The second kappa shape index (κ2) is 4.46. The molecule has 0 aliphatic heterocycles. The van der Waals surface area contributed by atoms with E-state index < -0.39 is 17.5 Å². The molecule has 1 saturated carbocycles. The summed E-state index contributed by atoms with van der Waals surface area (Å²) in [5.74, 6) is -0.940. The first-order valence-corrected chi connectivity index (χ1v) is 5.82. The summed E-state index contributed by atoms with van der Waals surface area (Å²) in [6.07, 6.45) is -4.71. The van der Waals surface area contributed by atoms with Crippen LogP contribution in [-0.2, 0) is 11.3 Å². The van der Waals surface area contributed by atoms with Crippen molar-refractivity contribution in [2.45, 2.75) is 25.6 Å². The molecule has 0 saturated heterocycles. The second-order valence-corrected chi connectivity index (χ2v) is 4.83. The van der Waals surface area contributed by atoms with Gasteiger partial charge in [0.15, 0.2) is 0 Å². The quantitative estimate of drug-likeness (QED) is 0.902. The molecular weight excluding hydrogens is 267 g/mol. The largest absolute Gasteiger partial charge is 0.403 e. The van der Waals surface area contributed by atoms with Crippen LogP contribution in [0.2, 0.25) is 5.02 Å². The van der Waals surface area contributed by atoms with Crippen molar-refractivity contribution in [3.63, 3.8) is 0 Å². The number of alkyl halides is 3. The number of hydrogen-bond acceptors (Lipinski definition) is 1. The van der Waals surface area contributed by atoms with E-state index in [4.69, 9.17) is 11.6 Å². The van der Waals surface area contributed by atoms with Crippen LogP contribution >= 0.6 is 11.6 Å². The first kappa shape index (κ1) is 13.2. The van der Waals surface area contributed by atoms with E-state index in [-0.39, 0.29) is 19.4 Å². The molecule has 1 aliphatic carbocycles. The van der Waals surface area contributed by atoms with E-state index in [2.05, 4.69) is 5.32 Å². The highest BCUT2D eigenvalue weighted by atomic mass is 35.5. The van der Waals surface area contributed by atoms with Crippen molar-refractivity contribution >= 4 is 17.5 Å². The summed E-state index contributed by atoms with van der Waals surface area (Å²) < 4.78 is 37.9. The molecule has 0 unspecified atom stereocenters. The van der Waals surface area contributed by atoms with E-state index in [1.54, 1.807) is 24.3 Å². The van der Waals surface area contributed by atoms with Gasteiger partial charge < -0.3 is 5.32 Å². The lowest BCUT2D eigenvalue weighted by Gasteiger charge is -2.18. The van der Waals surface area contributed by atoms with Crippen molar-refractivity contribution in [2.24, 2.45) is 5.41 Å². The molecule has 1 aliphatic rings. The fraction of sp³-hybridized carbons (Fsp3) is 0.417. The predicted molar refractivity (Wildman–Crippen MR) is 61.0 cm³/mol. The molecular formula is C12H11ClF3NO. The molecule has 1 fully saturated rings. The van der Waals surface area contributed by atoms with Crippen LogP contribution in [0, 0.1) is 5.41 Å². The first-order chi connectivity index (χ1) is 8.35. The Hall–Kier alpha value is -1.23. The minimum Gasteiger partial charge on any atom is -0.351 e. The third-order valence-electron chi connectivity index (χ3n) is 3.09. The third-order valence-corrected chi connectivity index (χ3v) is 3.35. The number of halogens is 4. The van der Waals surface area contributed by atoms with Gasteiger partial charge in [0.1, 0.15) is 5.41 Å². The maximum absolute atomic E-state index is 12.6.